The third-order valence-electron chi connectivity index (χ3n) is 6.62. The van der Waals surface area contributed by atoms with Gasteiger partial charge in [0.1, 0.15) is 12.0 Å². The Bertz CT molecular complexity index is 1380. The highest BCUT2D eigenvalue weighted by Gasteiger charge is 2.34. The maximum atomic E-state index is 14.9. The topological polar surface area (TPSA) is 87.4 Å². The smallest absolute Gasteiger partial charge is 0.171 e. The SMILES string of the molecule is Cc1c(F)cc2nn(C3CCCCO3)cc2c1-c1ccn2nc(N)c(C(=O)C3CC3)c2c1. The van der Waals surface area contributed by atoms with Crippen molar-refractivity contribution in [3.8, 4) is 11.1 Å². The minimum Gasteiger partial charge on any atom is -0.382 e. The third kappa shape index (κ3) is 3.01. The number of Topliss-reactive ketones (excluding diaryl/α,β-unsaturated/α-hetero) is 1. The molecule has 1 aliphatic carbocycles. The van der Waals surface area contributed by atoms with Crippen molar-refractivity contribution < 1.29 is 13.9 Å². The van der Waals surface area contributed by atoms with Gasteiger partial charge in [0.05, 0.1) is 16.6 Å². The molecule has 4 aromatic rings. The van der Waals surface area contributed by atoms with E-state index in [4.69, 9.17) is 10.5 Å². The number of carbonyl (C=O) groups excluding carboxylic acids is 1. The molecule has 1 saturated carbocycles. The number of benzene rings is 1. The number of halogens is 1. The van der Waals surface area contributed by atoms with E-state index in [0.29, 0.717) is 28.8 Å². The number of anilines is 1. The number of hydrogen-bond donors (Lipinski definition) is 1. The van der Waals surface area contributed by atoms with Crippen molar-refractivity contribution in [3.63, 3.8) is 0 Å². The fourth-order valence-electron chi connectivity index (χ4n) is 4.73. The summed E-state index contributed by atoms with van der Waals surface area (Å²) in [6.45, 7) is 2.47. The van der Waals surface area contributed by atoms with Crippen LogP contribution in [0.4, 0.5) is 10.2 Å². The summed E-state index contributed by atoms with van der Waals surface area (Å²) in [6.07, 6.45) is 8.38. The zero-order chi connectivity index (χ0) is 22.0. The number of nitrogens with two attached hydrogens (primary N) is 1. The van der Waals surface area contributed by atoms with E-state index < -0.39 is 0 Å². The van der Waals surface area contributed by atoms with Gasteiger partial charge in [-0.25, -0.2) is 13.6 Å². The third-order valence-corrected chi connectivity index (χ3v) is 6.62. The summed E-state index contributed by atoms with van der Waals surface area (Å²) in [6, 6.07) is 5.24. The Morgan fingerprint density at radius 1 is 1.22 bits per heavy atom. The van der Waals surface area contributed by atoms with Crippen molar-refractivity contribution in [1.29, 1.82) is 0 Å². The van der Waals surface area contributed by atoms with Gasteiger partial charge in [-0.15, -0.1) is 5.10 Å². The van der Waals surface area contributed by atoms with Gasteiger partial charge < -0.3 is 10.5 Å². The first-order chi connectivity index (χ1) is 15.5. The minimum atomic E-state index is -0.315. The second kappa shape index (κ2) is 7.13. The average molecular weight is 433 g/mol. The van der Waals surface area contributed by atoms with Crippen LogP contribution in [0.2, 0.25) is 0 Å². The van der Waals surface area contributed by atoms with Crippen molar-refractivity contribution in [3.05, 3.63) is 47.5 Å². The lowest BCUT2D eigenvalue weighted by Gasteiger charge is -2.22. The van der Waals surface area contributed by atoms with Gasteiger partial charge in [0.25, 0.3) is 0 Å². The summed E-state index contributed by atoms with van der Waals surface area (Å²) in [7, 11) is 0. The van der Waals surface area contributed by atoms with Crippen LogP contribution in [0.5, 0.6) is 0 Å². The van der Waals surface area contributed by atoms with E-state index in [-0.39, 0.29) is 29.6 Å². The molecule has 6 rings (SSSR count). The predicted octanol–water partition coefficient (Wildman–Crippen LogP) is 4.67. The van der Waals surface area contributed by atoms with Gasteiger partial charge in [-0.1, -0.05) is 0 Å². The first-order valence-corrected chi connectivity index (χ1v) is 11.1. The van der Waals surface area contributed by atoms with Crippen molar-refractivity contribution >= 4 is 28.0 Å². The molecule has 2 N–H and O–H groups in total. The van der Waals surface area contributed by atoms with Crippen LogP contribution in [0.1, 0.15) is 54.3 Å². The molecule has 4 heterocycles. The average Bonchev–Trinajstić information content (AvgIpc) is 3.48. The second-order valence-corrected chi connectivity index (χ2v) is 8.87. The quantitative estimate of drug-likeness (QED) is 0.473. The lowest BCUT2D eigenvalue weighted by atomic mass is 9.96. The molecule has 0 amide bonds. The van der Waals surface area contributed by atoms with Crippen LogP contribution in [-0.2, 0) is 4.74 Å². The summed E-state index contributed by atoms with van der Waals surface area (Å²) in [5.74, 6) is -0.00441. The Morgan fingerprint density at radius 3 is 2.81 bits per heavy atom. The molecule has 1 unspecified atom stereocenters. The van der Waals surface area contributed by atoms with Gasteiger partial charge in [0.2, 0.25) is 0 Å². The van der Waals surface area contributed by atoms with Crippen LogP contribution in [-0.4, -0.2) is 31.8 Å². The highest BCUT2D eigenvalue weighted by molar-refractivity contribution is 6.09. The largest absolute Gasteiger partial charge is 0.382 e. The van der Waals surface area contributed by atoms with Crippen LogP contribution in [0, 0.1) is 18.7 Å². The lowest BCUT2D eigenvalue weighted by Crippen LogP contribution is -2.18. The van der Waals surface area contributed by atoms with Crippen molar-refractivity contribution in [2.24, 2.45) is 5.92 Å². The fourth-order valence-corrected chi connectivity index (χ4v) is 4.73. The summed E-state index contributed by atoms with van der Waals surface area (Å²) in [5.41, 5.74) is 9.89. The number of ether oxygens (including phenoxy) is 1. The standard InChI is InChI=1S/C24H24FN5O2/c1-13-17(25)11-18-16(12-30(27-18)20-4-2-3-9-32-20)21(13)15-7-8-29-19(10-15)22(24(26)28-29)23(31)14-5-6-14/h7-8,10-12,14,20H,2-6,9H2,1H3,(H2,26,28). The molecule has 0 spiro atoms. The normalized spacial score (nSPS) is 19.1. The first-order valence-electron chi connectivity index (χ1n) is 11.1. The van der Waals surface area contributed by atoms with Crippen LogP contribution in [0.15, 0.2) is 30.6 Å². The Morgan fingerprint density at radius 2 is 2.06 bits per heavy atom. The highest BCUT2D eigenvalue weighted by Crippen LogP contribution is 2.38. The van der Waals surface area contributed by atoms with Crippen LogP contribution in [0.3, 0.4) is 0 Å². The van der Waals surface area contributed by atoms with Crippen molar-refractivity contribution in [1.82, 2.24) is 19.4 Å². The Balaban J connectivity index is 1.53. The fraction of sp³-hybridized carbons (Fsp3) is 0.375. The molecule has 2 fully saturated rings. The minimum absolute atomic E-state index is 0.0327. The number of carbonyl (C=O) groups is 1. The molecule has 7 nitrogen and oxygen atoms in total. The van der Waals surface area contributed by atoms with Crippen molar-refractivity contribution in [2.75, 3.05) is 12.3 Å². The van der Waals surface area contributed by atoms with E-state index in [1.54, 1.807) is 17.6 Å². The molecule has 1 aromatic carbocycles. The highest BCUT2D eigenvalue weighted by atomic mass is 19.1. The molecule has 1 saturated heterocycles. The molecule has 8 heteroatoms. The second-order valence-electron chi connectivity index (χ2n) is 8.87. The first kappa shape index (κ1) is 19.4. The number of pyridine rings is 1. The van der Waals surface area contributed by atoms with E-state index >= 15 is 0 Å². The van der Waals surface area contributed by atoms with Crippen LogP contribution in [0.25, 0.3) is 27.5 Å². The molecule has 1 atom stereocenters. The molecule has 0 radical (unpaired) electrons. The van der Waals surface area contributed by atoms with Gasteiger partial charge in [-0.2, -0.15) is 5.10 Å². The van der Waals surface area contributed by atoms with Gasteiger partial charge >= 0.3 is 0 Å². The van der Waals surface area contributed by atoms with E-state index in [9.17, 15) is 9.18 Å². The predicted molar refractivity (Wildman–Crippen MR) is 119 cm³/mol. The molecule has 3 aromatic heterocycles. The molecular weight excluding hydrogens is 409 g/mol. The van der Waals surface area contributed by atoms with Crippen LogP contribution >= 0.6 is 0 Å². The number of ketones is 1. The molecule has 2 aliphatic rings. The molecule has 164 valence electrons. The number of fused-ring (bicyclic) bond motifs is 2. The number of rotatable bonds is 4. The van der Waals surface area contributed by atoms with Gasteiger partial charge in [0, 0.05) is 36.4 Å². The molecule has 1 aliphatic heterocycles. The summed E-state index contributed by atoms with van der Waals surface area (Å²) in [5, 5.41) is 9.79. The summed E-state index contributed by atoms with van der Waals surface area (Å²) >= 11 is 0. The van der Waals surface area contributed by atoms with E-state index in [0.717, 1.165) is 48.6 Å². The number of aromatic nitrogens is 4. The number of nitrogens with zero attached hydrogens (tertiary/aromatic N) is 4. The maximum absolute atomic E-state index is 14.9. The maximum Gasteiger partial charge on any atom is 0.171 e. The summed E-state index contributed by atoms with van der Waals surface area (Å²) in [4.78, 5) is 12.8. The number of nitrogen functional groups attached to an aromatic ring is 1. The Kier molecular flexibility index (Phi) is 4.33. The van der Waals surface area contributed by atoms with E-state index in [1.807, 2.05) is 23.0 Å². The monoisotopic (exact) mass is 433 g/mol. The van der Waals surface area contributed by atoms with Crippen LogP contribution < -0.4 is 5.73 Å². The molecule has 0 bridgehead atoms. The van der Waals surface area contributed by atoms with E-state index in [1.165, 1.54) is 6.07 Å². The van der Waals surface area contributed by atoms with Gasteiger partial charge in [0.15, 0.2) is 11.6 Å². The lowest BCUT2D eigenvalue weighted by molar-refractivity contribution is -0.0390. The van der Waals surface area contributed by atoms with Gasteiger partial charge in [-0.3, -0.25) is 4.79 Å². The number of hydrogen-bond acceptors (Lipinski definition) is 5. The molecule has 32 heavy (non-hydrogen) atoms. The zero-order valence-corrected chi connectivity index (χ0v) is 17.8. The van der Waals surface area contributed by atoms with E-state index in [2.05, 4.69) is 10.2 Å². The Labute approximate surface area is 184 Å². The Hall–Kier alpha value is -3.26. The van der Waals surface area contributed by atoms with Crippen molar-refractivity contribution in [2.45, 2.75) is 45.3 Å². The zero-order valence-electron chi connectivity index (χ0n) is 17.8. The molecular formula is C24H24FN5O2. The van der Waals surface area contributed by atoms with Gasteiger partial charge in [-0.05, 0) is 67.9 Å². The summed E-state index contributed by atoms with van der Waals surface area (Å²) < 4.78 is 24.2.